The Morgan fingerprint density at radius 1 is 0.694 bits per heavy atom. The van der Waals surface area contributed by atoms with Gasteiger partial charge in [0, 0.05) is 0 Å². The summed E-state index contributed by atoms with van der Waals surface area (Å²) in [5.74, 6) is 0. The van der Waals surface area contributed by atoms with Crippen LogP contribution in [0.15, 0.2) is 115 Å². The third-order valence-corrected chi connectivity index (χ3v) is 10.5. The maximum atomic E-state index is 4.93. The van der Waals surface area contributed by atoms with Crippen LogP contribution >= 0.6 is 17.0 Å². The van der Waals surface area contributed by atoms with Gasteiger partial charge in [0.2, 0.25) is 0 Å². The average Bonchev–Trinajstić information content (AvgIpc) is 3.68. The van der Waals surface area contributed by atoms with Crippen molar-refractivity contribution in [3.63, 3.8) is 0 Å². The zero-order valence-corrected chi connectivity index (χ0v) is 34.8. The third-order valence-electron chi connectivity index (χ3n) is 9.14. The van der Waals surface area contributed by atoms with Gasteiger partial charge in [0.05, 0.1) is 9.52 Å². The Kier molecular flexibility index (Phi) is 12.8. The molecule has 4 heteroatoms. The summed E-state index contributed by atoms with van der Waals surface area (Å²) in [7, 11) is 10.7. The van der Waals surface area contributed by atoms with Crippen LogP contribution < -0.4 is 10.4 Å². The van der Waals surface area contributed by atoms with Gasteiger partial charge in [-0.25, -0.2) is 0 Å². The van der Waals surface area contributed by atoms with Gasteiger partial charge in [-0.3, -0.25) is 0 Å². The first kappa shape index (κ1) is 37.6. The van der Waals surface area contributed by atoms with Crippen molar-refractivity contribution in [2.45, 2.75) is 78.6 Å². The molecule has 0 aromatic heterocycles. The molecule has 49 heavy (non-hydrogen) atoms. The van der Waals surface area contributed by atoms with E-state index in [9.17, 15) is 0 Å². The maximum Gasteiger partial charge on any atom is 0.0920 e. The summed E-state index contributed by atoms with van der Waals surface area (Å²) in [6.45, 7) is 16.2. The number of benzene rings is 5. The molecule has 0 nitrogen and oxygen atoms in total. The largest absolute Gasteiger partial charge is 0.184 e. The Balaban J connectivity index is 0.000000239. The van der Waals surface area contributed by atoms with E-state index < -0.39 is 20.8 Å². The molecule has 0 bridgehead atoms. The van der Waals surface area contributed by atoms with Crippen LogP contribution in [0.2, 0.25) is 0 Å². The fourth-order valence-corrected chi connectivity index (χ4v) is 7.71. The number of fused-ring (bicyclic) bond motifs is 4. The molecule has 0 fully saturated rings. The molecule has 0 atom stereocenters. The van der Waals surface area contributed by atoms with Crippen molar-refractivity contribution >= 4 is 47.7 Å². The fraction of sp³-hybridized carbons (Fsp3) is 0.267. The second kappa shape index (κ2) is 16.6. The van der Waals surface area contributed by atoms with Crippen LogP contribution in [-0.2, 0) is 38.1 Å². The van der Waals surface area contributed by atoms with Crippen molar-refractivity contribution in [2.24, 2.45) is 0 Å². The van der Waals surface area contributed by atoms with E-state index in [1.165, 1.54) is 84.1 Å². The molecule has 1 heterocycles. The molecule has 0 unspecified atom stereocenters. The van der Waals surface area contributed by atoms with Gasteiger partial charge in [-0.2, -0.15) is 35.5 Å². The van der Waals surface area contributed by atoms with Crippen molar-refractivity contribution in [1.29, 1.82) is 0 Å². The van der Waals surface area contributed by atoms with E-state index in [0.29, 0.717) is 0 Å². The van der Waals surface area contributed by atoms with E-state index >= 15 is 0 Å². The minimum absolute atomic E-state index is 0.0924. The molecule has 0 N–H and O–H groups in total. The molecule has 6 aromatic carbocycles. The first-order valence-corrected chi connectivity index (χ1v) is 24.5. The topological polar surface area (TPSA) is 0 Å². The van der Waals surface area contributed by atoms with E-state index in [1.807, 2.05) is 6.07 Å². The molecule has 0 saturated carbocycles. The molecule has 0 spiro atoms. The Labute approximate surface area is 316 Å². The van der Waals surface area contributed by atoms with Gasteiger partial charge >= 0.3 is 37.9 Å². The molecule has 6 aromatic rings. The van der Waals surface area contributed by atoms with Gasteiger partial charge in [-0.15, -0.1) is 34.0 Å². The van der Waals surface area contributed by atoms with Crippen LogP contribution in [0.1, 0.15) is 78.0 Å². The van der Waals surface area contributed by atoms with Crippen LogP contribution in [0.5, 0.6) is 0 Å². The van der Waals surface area contributed by atoms with Crippen LogP contribution in [0.25, 0.3) is 44.2 Å². The van der Waals surface area contributed by atoms with Crippen LogP contribution in [0.3, 0.4) is 0 Å². The summed E-state index contributed by atoms with van der Waals surface area (Å²) in [5, 5.41) is 5.56. The van der Waals surface area contributed by atoms with Crippen LogP contribution in [-0.4, -0.2) is 9.52 Å². The number of hydrogen-bond acceptors (Lipinski definition) is 0. The van der Waals surface area contributed by atoms with Gasteiger partial charge in [-0.05, 0) is 45.1 Å². The molecule has 0 amide bonds. The SMILES string of the molecule is CCCCc1cc2c(-c3cc(C(C)(C)C)cc(C(C)(C)C)c3)c(-c3ccccc3)ccc2[cH-]1.[Cl][Zr+2][Cl].[c-]1cccc2c1[Si]c1ccccc1-2. The fourth-order valence-electron chi connectivity index (χ4n) is 6.40. The minimum Gasteiger partial charge on any atom is -0.184 e. The zero-order valence-electron chi connectivity index (χ0n) is 29.8. The molecular formula is C45H46Cl2SiZr. The minimum atomic E-state index is -0.826. The summed E-state index contributed by atoms with van der Waals surface area (Å²) in [5.41, 5.74) is 12.5. The van der Waals surface area contributed by atoms with E-state index in [0.717, 1.165) is 15.9 Å². The van der Waals surface area contributed by atoms with Gasteiger partial charge < -0.3 is 0 Å². The van der Waals surface area contributed by atoms with Crippen LogP contribution in [0, 0.1) is 6.07 Å². The molecule has 1 aliphatic heterocycles. The van der Waals surface area contributed by atoms with E-state index in [-0.39, 0.29) is 10.8 Å². The second-order valence-electron chi connectivity index (χ2n) is 14.8. The monoisotopic (exact) mass is 774 g/mol. The Morgan fingerprint density at radius 3 is 1.98 bits per heavy atom. The number of hydrogen-bond donors (Lipinski definition) is 0. The van der Waals surface area contributed by atoms with Gasteiger partial charge in [-0.1, -0.05) is 156 Å². The van der Waals surface area contributed by atoms with Crippen molar-refractivity contribution in [2.75, 3.05) is 0 Å². The smallest absolute Gasteiger partial charge is 0.0920 e. The van der Waals surface area contributed by atoms with E-state index in [1.54, 1.807) is 0 Å². The normalized spacial score (nSPS) is 11.9. The number of aryl methyl sites for hydroxylation is 1. The Morgan fingerprint density at radius 2 is 1.33 bits per heavy atom. The molecule has 248 valence electrons. The maximum absolute atomic E-state index is 4.93. The third kappa shape index (κ3) is 9.20. The van der Waals surface area contributed by atoms with Gasteiger partial charge in [0.1, 0.15) is 0 Å². The summed E-state index contributed by atoms with van der Waals surface area (Å²) in [4.78, 5) is 0. The van der Waals surface area contributed by atoms with Crippen molar-refractivity contribution < 1.29 is 20.8 Å². The van der Waals surface area contributed by atoms with Gasteiger partial charge in [0.15, 0.2) is 0 Å². The van der Waals surface area contributed by atoms with E-state index in [4.69, 9.17) is 17.0 Å². The molecular weight excluding hydrogens is 731 g/mol. The summed E-state index contributed by atoms with van der Waals surface area (Å²) in [6, 6.07) is 45.8. The van der Waals surface area contributed by atoms with Gasteiger partial charge in [0.25, 0.3) is 0 Å². The van der Waals surface area contributed by atoms with Crippen LogP contribution in [0.4, 0.5) is 0 Å². The molecule has 0 saturated heterocycles. The number of halogens is 2. The quantitative estimate of drug-likeness (QED) is 0.121. The summed E-state index contributed by atoms with van der Waals surface area (Å²) in [6.07, 6.45) is 3.62. The molecule has 1 aliphatic rings. The first-order valence-electron chi connectivity index (χ1n) is 17.2. The second-order valence-corrected chi connectivity index (χ2v) is 19.8. The molecule has 0 aliphatic carbocycles. The predicted octanol–water partition coefficient (Wildman–Crippen LogP) is 12.3. The standard InChI is InChI=1S/C33H39.C12H7Si.2ClH.Zr/c1-8-9-13-23-18-25-16-17-29(24-14-11-10-12-15-24)31(30(25)19-23)26-20-27(32(2,3)4)22-28(21-26)33(5,6)7;1-3-7-11-9(5-1)10-6-2-4-8-12(10)13-11;;;/h10-12,14-22H,8-9,13H2,1-7H3;1-7H;2*1H;/q2*-1;;;+4/p-2. The Hall–Kier alpha value is -2.61. The molecule has 7 rings (SSSR count). The zero-order chi connectivity index (χ0) is 35.2. The van der Waals surface area contributed by atoms with E-state index in [2.05, 4.69) is 164 Å². The number of rotatable bonds is 5. The summed E-state index contributed by atoms with van der Waals surface area (Å²) >= 11 is -0.826. The van der Waals surface area contributed by atoms with Crippen molar-refractivity contribution in [3.05, 3.63) is 138 Å². The average molecular weight is 777 g/mol. The van der Waals surface area contributed by atoms with Crippen molar-refractivity contribution in [3.8, 4) is 33.4 Å². The predicted molar refractivity (Wildman–Crippen MR) is 214 cm³/mol. The summed E-state index contributed by atoms with van der Waals surface area (Å²) < 4.78 is 0. The Bertz CT molecular complexity index is 1920. The molecule has 2 radical (unpaired) electrons. The van der Waals surface area contributed by atoms with Crippen molar-refractivity contribution in [1.82, 2.24) is 0 Å². The number of unbranched alkanes of at least 4 members (excludes halogenated alkanes) is 1. The first-order chi connectivity index (χ1) is 23.4.